The molecular weight excluding hydrogens is 842 g/mol. The van der Waals surface area contributed by atoms with Crippen molar-refractivity contribution in [1.29, 1.82) is 0 Å². The van der Waals surface area contributed by atoms with Crippen molar-refractivity contribution in [2.24, 2.45) is 23.5 Å². The first kappa shape index (κ1) is 45.1. The second-order valence-electron chi connectivity index (χ2n) is 18.3. The van der Waals surface area contributed by atoms with E-state index in [9.17, 15) is 23.6 Å². The van der Waals surface area contributed by atoms with Gasteiger partial charge in [0.05, 0.1) is 35.9 Å². The van der Waals surface area contributed by atoms with E-state index in [1.54, 1.807) is 24.5 Å². The second-order valence-corrected chi connectivity index (χ2v) is 18.3. The minimum absolute atomic E-state index is 0.0383. The first-order valence-electron chi connectivity index (χ1n) is 23.5. The number of pyridine rings is 2. The van der Waals surface area contributed by atoms with E-state index in [1.807, 2.05) is 29.7 Å². The maximum absolute atomic E-state index is 14.5. The third kappa shape index (κ3) is 9.31. The molecule has 4 amide bonds. The molecule has 346 valence electrons. The van der Waals surface area contributed by atoms with Crippen LogP contribution in [0.1, 0.15) is 98.7 Å². The zero-order valence-corrected chi connectivity index (χ0v) is 37.7. The molecule has 3 saturated heterocycles. The summed E-state index contributed by atoms with van der Waals surface area (Å²) in [5.41, 5.74) is 9.53. The molecule has 1 saturated carbocycles. The number of methoxy groups -OCH3 is 1. The van der Waals surface area contributed by atoms with E-state index in [-0.39, 0.29) is 47.6 Å². The van der Waals surface area contributed by atoms with Crippen molar-refractivity contribution in [2.75, 3.05) is 40.0 Å². The summed E-state index contributed by atoms with van der Waals surface area (Å²) in [6.45, 7) is 5.70. The first-order valence-corrected chi connectivity index (χ1v) is 23.5. The predicted molar refractivity (Wildman–Crippen MR) is 248 cm³/mol. The fraction of sp³-hybridized carbons (Fsp3) is 0.490. The number of likely N-dealkylation sites (tertiary alicyclic amines) is 1. The quantitative estimate of drug-likeness (QED) is 0.0648. The maximum atomic E-state index is 14.5. The molecule has 1 aliphatic carbocycles. The van der Waals surface area contributed by atoms with E-state index in [4.69, 9.17) is 19.9 Å². The summed E-state index contributed by atoms with van der Waals surface area (Å²) in [5.74, 6) is 5.99. The molecule has 14 nitrogen and oxygen atoms in total. The van der Waals surface area contributed by atoms with Gasteiger partial charge in [-0.15, -0.1) is 0 Å². The summed E-state index contributed by atoms with van der Waals surface area (Å²) in [5, 5.41) is 8.57. The molecule has 66 heavy (non-hydrogen) atoms. The highest BCUT2D eigenvalue weighted by molar-refractivity contribution is 6.10. The van der Waals surface area contributed by atoms with Crippen LogP contribution in [0.3, 0.4) is 0 Å². The third-order valence-electron chi connectivity index (χ3n) is 14.2. The molecule has 5 aromatic rings. The van der Waals surface area contributed by atoms with Gasteiger partial charge in [-0.3, -0.25) is 24.5 Å². The van der Waals surface area contributed by atoms with Crippen molar-refractivity contribution in [3.63, 3.8) is 0 Å². The number of alkyl halides is 1. The molecule has 4 atom stereocenters. The number of hydrogen-bond acceptors (Lipinski definition) is 10. The summed E-state index contributed by atoms with van der Waals surface area (Å²) in [6.07, 6.45) is 11.3. The number of nitrogens with one attached hydrogen (secondary N) is 2. The number of nitrogens with two attached hydrogens (primary N) is 1. The summed E-state index contributed by atoms with van der Waals surface area (Å²) in [4.78, 5) is 61.1. The standard InChI is InChI=1S/C51H58FN7O7/c1-3-35-40(56-50(63)46(35)52)29-66-51-38-26-43(64-2)39(47(53)61)25-37(38)33(27-55-51)16-15-30-11-13-31(14-12-30)28-58-22-19-34(20-23-58)65-24-6-8-32-7-4-10-41-45(32)36-9-5-21-54-48(36)59(41)42-17-18-44(60)57-49(42)62/h4-5,7,9-10,21,25-27,30-31,34-35,40,42,46H,3,6,8,11-14,17-20,22-24,28-29H2,1-2H3,(H2,53,61)(H,56,63)(H,57,60,62)/t30?,31?,35-,40?,42?,46-/m0/s1. The minimum Gasteiger partial charge on any atom is -0.496 e. The zero-order valence-electron chi connectivity index (χ0n) is 37.7. The highest BCUT2D eigenvalue weighted by Crippen LogP contribution is 2.37. The first-order chi connectivity index (χ1) is 32.1. The lowest BCUT2D eigenvalue weighted by Crippen LogP contribution is -2.41. The number of fused-ring (bicyclic) bond motifs is 4. The molecule has 15 heteroatoms. The number of halogens is 1. The Morgan fingerprint density at radius 1 is 0.970 bits per heavy atom. The number of ether oxygens (including phenoxy) is 3. The highest BCUT2D eigenvalue weighted by Gasteiger charge is 2.42. The van der Waals surface area contributed by atoms with E-state index in [2.05, 4.69) is 49.5 Å². The largest absolute Gasteiger partial charge is 0.496 e. The number of nitrogens with zero attached hydrogens (tertiary/aromatic N) is 4. The Labute approximate surface area is 383 Å². The van der Waals surface area contributed by atoms with Gasteiger partial charge in [-0.25, -0.2) is 14.4 Å². The number of imide groups is 1. The number of amides is 4. The lowest BCUT2D eigenvalue weighted by atomic mass is 9.81. The van der Waals surface area contributed by atoms with Crippen LogP contribution in [0.5, 0.6) is 11.6 Å². The van der Waals surface area contributed by atoms with Gasteiger partial charge in [-0.05, 0) is 106 Å². The Morgan fingerprint density at radius 2 is 1.79 bits per heavy atom. The number of hydrogen-bond donors (Lipinski definition) is 3. The Hall–Kier alpha value is -6.11. The van der Waals surface area contributed by atoms with Crippen molar-refractivity contribution in [1.82, 2.24) is 30.1 Å². The number of aryl methyl sites for hydroxylation is 1. The van der Waals surface area contributed by atoms with Crippen LogP contribution < -0.4 is 25.8 Å². The summed E-state index contributed by atoms with van der Waals surface area (Å²) >= 11 is 0. The highest BCUT2D eigenvalue weighted by atomic mass is 19.1. The van der Waals surface area contributed by atoms with Crippen molar-refractivity contribution in [3.8, 4) is 23.5 Å². The molecule has 4 aliphatic rings. The molecule has 3 aliphatic heterocycles. The van der Waals surface area contributed by atoms with Gasteiger partial charge >= 0.3 is 0 Å². The average molecular weight is 900 g/mol. The van der Waals surface area contributed by atoms with Crippen LogP contribution in [0.25, 0.3) is 32.7 Å². The average Bonchev–Trinajstić information content (AvgIpc) is 3.81. The molecule has 2 unspecified atom stereocenters. The van der Waals surface area contributed by atoms with Gasteiger partial charge in [0.25, 0.3) is 11.8 Å². The van der Waals surface area contributed by atoms with E-state index in [0.717, 1.165) is 92.9 Å². The zero-order chi connectivity index (χ0) is 45.9. The Kier molecular flexibility index (Phi) is 13.5. The topological polar surface area (TPSA) is 180 Å². The van der Waals surface area contributed by atoms with Crippen LogP contribution in [0, 0.1) is 29.6 Å². The van der Waals surface area contributed by atoms with Crippen LogP contribution in [0.4, 0.5) is 4.39 Å². The fourth-order valence-electron chi connectivity index (χ4n) is 10.7. The van der Waals surface area contributed by atoms with E-state index < -0.39 is 36.0 Å². The second kappa shape index (κ2) is 19.8. The Bertz CT molecular complexity index is 2710. The molecule has 9 rings (SSSR count). The van der Waals surface area contributed by atoms with Crippen LogP contribution in [0.15, 0.2) is 54.9 Å². The number of primary amides is 1. The number of carbonyl (C=O) groups excluding carboxylic acids is 4. The Balaban J connectivity index is 0.757. The van der Waals surface area contributed by atoms with Crippen molar-refractivity contribution >= 4 is 56.3 Å². The van der Waals surface area contributed by atoms with Crippen molar-refractivity contribution < 1.29 is 37.8 Å². The maximum Gasteiger partial charge on any atom is 0.255 e. The van der Waals surface area contributed by atoms with E-state index >= 15 is 0 Å². The number of benzene rings is 2. The number of carbonyl (C=O) groups is 4. The number of aromatic nitrogens is 3. The molecule has 0 spiro atoms. The number of rotatable bonds is 14. The van der Waals surface area contributed by atoms with Gasteiger partial charge in [0.2, 0.25) is 17.7 Å². The van der Waals surface area contributed by atoms with Crippen LogP contribution in [0.2, 0.25) is 0 Å². The van der Waals surface area contributed by atoms with Crippen molar-refractivity contribution in [3.05, 3.63) is 71.5 Å². The van der Waals surface area contributed by atoms with E-state index in [1.165, 1.54) is 12.7 Å². The van der Waals surface area contributed by atoms with Crippen LogP contribution in [-0.2, 0) is 25.5 Å². The molecule has 4 fully saturated rings. The lowest BCUT2D eigenvalue weighted by Gasteiger charge is -2.36. The minimum atomic E-state index is -1.58. The Morgan fingerprint density at radius 3 is 2.55 bits per heavy atom. The summed E-state index contributed by atoms with van der Waals surface area (Å²) in [6, 6.07) is 12.6. The third-order valence-corrected chi connectivity index (χ3v) is 14.2. The summed E-state index contributed by atoms with van der Waals surface area (Å²) < 4.78 is 34.5. The normalized spacial score (nSPS) is 24.0. The predicted octanol–water partition coefficient (Wildman–Crippen LogP) is 6.34. The van der Waals surface area contributed by atoms with E-state index in [0.29, 0.717) is 48.1 Å². The fourth-order valence-corrected chi connectivity index (χ4v) is 10.7. The molecule has 0 radical (unpaired) electrons. The monoisotopic (exact) mass is 899 g/mol. The number of piperidine rings is 2. The molecular formula is C51H58FN7O7. The van der Waals surface area contributed by atoms with Gasteiger partial charge in [0.15, 0.2) is 6.17 Å². The molecule has 6 heterocycles. The van der Waals surface area contributed by atoms with Crippen molar-refractivity contribution in [2.45, 2.75) is 102 Å². The molecule has 3 aromatic heterocycles. The summed E-state index contributed by atoms with van der Waals surface area (Å²) in [7, 11) is 1.46. The lowest BCUT2D eigenvalue weighted by molar-refractivity contribution is -0.135. The van der Waals surface area contributed by atoms with Gasteiger partial charge in [-0.2, -0.15) is 0 Å². The van der Waals surface area contributed by atoms with Crippen LogP contribution >= 0.6 is 0 Å². The smallest absolute Gasteiger partial charge is 0.255 e. The van der Waals surface area contributed by atoms with Crippen LogP contribution in [-0.4, -0.2) is 101 Å². The van der Waals surface area contributed by atoms with Gasteiger partial charge in [-0.1, -0.05) is 30.9 Å². The molecule has 0 bridgehead atoms. The van der Waals surface area contributed by atoms with Gasteiger partial charge in [0.1, 0.15) is 24.0 Å². The molecule has 4 N–H and O–H groups in total. The van der Waals surface area contributed by atoms with Gasteiger partial charge in [0, 0.05) is 78.4 Å². The SMILES string of the molecule is CC[C@H]1C(COc2ncc(C#CC3CCC(CN4CCC(OCCCc5cccc6c5c5cccnc5n6C5CCC(=O)NC5=O)CC4)CC3)c3cc(C(N)=O)c(OC)cc23)NC(=O)[C@H]1F. The van der Waals surface area contributed by atoms with Gasteiger partial charge < -0.3 is 34.7 Å². The molecule has 2 aromatic carbocycles.